The Morgan fingerprint density at radius 3 is 2.10 bits per heavy atom. The molecule has 0 aliphatic heterocycles. The van der Waals surface area contributed by atoms with Crippen molar-refractivity contribution in [1.29, 1.82) is 0 Å². The number of aliphatic carboxylic acids is 2. The van der Waals surface area contributed by atoms with Crippen LogP contribution in [0.5, 0.6) is 0 Å². The number of carbonyl (C=O) groups excluding carboxylic acids is 3. The van der Waals surface area contributed by atoms with E-state index in [1.807, 2.05) is 13.8 Å². The largest absolute Gasteiger partial charge is 0.481 e. The van der Waals surface area contributed by atoms with Crippen LogP contribution in [0.15, 0.2) is 11.6 Å². The molecule has 3 aliphatic carbocycles. The Labute approximate surface area is 247 Å². The number of fused-ring (bicyclic) bond motifs is 3. The monoisotopic (exact) mass is 592 g/mol. The first-order chi connectivity index (χ1) is 18.9. The van der Waals surface area contributed by atoms with Crippen LogP contribution >= 0.6 is 0 Å². The smallest absolute Gasteiger partial charge is 0.313 e. The van der Waals surface area contributed by atoms with E-state index >= 15 is 0 Å². The van der Waals surface area contributed by atoms with Gasteiger partial charge in [0.2, 0.25) is 0 Å². The van der Waals surface area contributed by atoms with Crippen molar-refractivity contribution < 1.29 is 49.1 Å². The molecule has 236 valence electrons. The van der Waals surface area contributed by atoms with E-state index in [2.05, 4.69) is 0 Å². The number of rotatable bonds is 10. The summed E-state index contributed by atoms with van der Waals surface area (Å²) in [6.45, 7) is 14.5. The molecule has 0 aromatic carbocycles. The highest BCUT2D eigenvalue weighted by molar-refractivity contribution is 5.91. The SMILES string of the molecule is CC(=O)OC(C)(C)CCC(=O)[C@](C)(O)[C@@H]1[C@H](O)C[C@]2(C)[C@@H]3CC=C(C(C)(C)C(=O)O)[C@H](CC(=O)O)[C@@]3(C)C(=O)C[C@@]12C. The van der Waals surface area contributed by atoms with E-state index in [4.69, 9.17) is 4.74 Å². The second-order valence-corrected chi connectivity index (χ2v) is 14.9. The van der Waals surface area contributed by atoms with E-state index in [-0.39, 0.29) is 31.5 Å². The third kappa shape index (κ3) is 5.12. The van der Waals surface area contributed by atoms with Gasteiger partial charge in [0.05, 0.1) is 17.9 Å². The molecular weight excluding hydrogens is 544 g/mol. The van der Waals surface area contributed by atoms with Crippen LogP contribution in [-0.2, 0) is 28.7 Å². The summed E-state index contributed by atoms with van der Waals surface area (Å²) in [6, 6.07) is 0. The number of allylic oxidation sites excluding steroid dienone is 1. The molecule has 8 atom stereocenters. The van der Waals surface area contributed by atoms with Gasteiger partial charge in [0.25, 0.3) is 0 Å². The number of Topliss-reactive ketones (excluding diaryl/α,β-unsaturated/α-hetero) is 2. The predicted octanol–water partition coefficient (Wildman–Crippen LogP) is 3.95. The Balaban J connectivity index is 2.07. The van der Waals surface area contributed by atoms with Gasteiger partial charge in [-0.1, -0.05) is 32.4 Å². The van der Waals surface area contributed by atoms with Gasteiger partial charge < -0.3 is 25.2 Å². The molecule has 42 heavy (non-hydrogen) atoms. The summed E-state index contributed by atoms with van der Waals surface area (Å²) in [5.74, 6) is -5.89. The second kappa shape index (κ2) is 10.5. The zero-order chi connectivity index (χ0) is 32.4. The summed E-state index contributed by atoms with van der Waals surface area (Å²) in [5.41, 5.74) is -7.00. The van der Waals surface area contributed by atoms with Crippen molar-refractivity contribution in [3.8, 4) is 0 Å². The van der Waals surface area contributed by atoms with Gasteiger partial charge in [-0.25, -0.2) is 0 Å². The number of carbonyl (C=O) groups is 5. The quantitative estimate of drug-likeness (QED) is 0.215. The molecule has 0 saturated heterocycles. The Hall–Kier alpha value is -2.59. The van der Waals surface area contributed by atoms with Crippen molar-refractivity contribution >= 4 is 29.5 Å². The van der Waals surface area contributed by atoms with Gasteiger partial charge in [-0.15, -0.1) is 0 Å². The van der Waals surface area contributed by atoms with Crippen LogP contribution in [-0.4, -0.2) is 67.2 Å². The lowest BCUT2D eigenvalue weighted by atomic mass is 9.39. The number of carboxylic acids is 2. The molecule has 4 N–H and O–H groups in total. The molecule has 0 spiro atoms. The fraction of sp³-hybridized carbons (Fsp3) is 0.781. The summed E-state index contributed by atoms with van der Waals surface area (Å²) < 4.78 is 5.29. The first-order valence-corrected chi connectivity index (χ1v) is 14.7. The molecule has 0 radical (unpaired) electrons. The van der Waals surface area contributed by atoms with Crippen molar-refractivity contribution in [3.63, 3.8) is 0 Å². The van der Waals surface area contributed by atoms with E-state index in [0.717, 1.165) is 0 Å². The fourth-order valence-electron chi connectivity index (χ4n) is 9.04. The van der Waals surface area contributed by atoms with E-state index < -0.39 is 86.8 Å². The number of esters is 1. The van der Waals surface area contributed by atoms with Gasteiger partial charge in [-0.05, 0) is 70.6 Å². The van der Waals surface area contributed by atoms with Crippen LogP contribution in [0.4, 0.5) is 0 Å². The Kier molecular flexibility index (Phi) is 8.51. The van der Waals surface area contributed by atoms with Gasteiger partial charge in [0.1, 0.15) is 17.0 Å². The van der Waals surface area contributed by atoms with Crippen LogP contribution in [0, 0.1) is 39.4 Å². The van der Waals surface area contributed by atoms with Crippen LogP contribution in [0.25, 0.3) is 0 Å². The lowest BCUT2D eigenvalue weighted by molar-refractivity contribution is -0.183. The average Bonchev–Trinajstić information content (AvgIpc) is 3.02. The lowest BCUT2D eigenvalue weighted by Crippen LogP contribution is -2.64. The van der Waals surface area contributed by atoms with Crippen molar-refractivity contribution in [3.05, 3.63) is 11.6 Å². The molecule has 10 nitrogen and oxygen atoms in total. The maximum atomic E-state index is 14.3. The van der Waals surface area contributed by atoms with Gasteiger partial charge >= 0.3 is 17.9 Å². The molecule has 2 fully saturated rings. The third-order valence-corrected chi connectivity index (χ3v) is 11.5. The summed E-state index contributed by atoms with van der Waals surface area (Å²) in [4.78, 5) is 63.6. The summed E-state index contributed by atoms with van der Waals surface area (Å²) >= 11 is 0. The summed E-state index contributed by atoms with van der Waals surface area (Å²) in [6.07, 6.45) is 0.605. The van der Waals surface area contributed by atoms with Gasteiger partial charge in [-0.3, -0.25) is 24.0 Å². The van der Waals surface area contributed by atoms with Gasteiger partial charge in [0, 0.05) is 37.0 Å². The van der Waals surface area contributed by atoms with E-state index in [1.165, 1.54) is 27.7 Å². The first-order valence-electron chi connectivity index (χ1n) is 14.7. The Morgan fingerprint density at radius 1 is 1.02 bits per heavy atom. The summed E-state index contributed by atoms with van der Waals surface area (Å²) in [7, 11) is 0. The Bertz CT molecular complexity index is 1210. The number of aliphatic hydroxyl groups excluding tert-OH is 1. The minimum atomic E-state index is -2.01. The molecule has 0 amide bonds. The van der Waals surface area contributed by atoms with E-state index in [1.54, 1.807) is 26.8 Å². The number of ether oxygens (including phenoxy) is 1. The van der Waals surface area contributed by atoms with Crippen LogP contribution in [0.3, 0.4) is 0 Å². The van der Waals surface area contributed by atoms with Crippen molar-refractivity contribution in [1.82, 2.24) is 0 Å². The molecule has 0 unspecified atom stereocenters. The topological polar surface area (TPSA) is 176 Å². The normalized spacial score (nSPS) is 36.3. The highest BCUT2D eigenvalue weighted by Gasteiger charge is 2.74. The third-order valence-electron chi connectivity index (χ3n) is 11.5. The molecule has 2 saturated carbocycles. The minimum Gasteiger partial charge on any atom is -0.481 e. The molecular formula is C32H48O10. The van der Waals surface area contributed by atoms with Gasteiger partial charge in [0.15, 0.2) is 5.78 Å². The standard InChI is InChI=1S/C32H48O10/c1-17(33)42-27(2,3)13-12-22(35)32(9,41)25-20(34)15-29(6)21-11-10-18(28(4,5)26(39)40)19(14-24(37)38)31(21,8)23(36)16-30(25,29)7/h10,19-21,25,34,41H,11-16H2,1-9H3,(H,37,38)(H,39,40)/t19-,20+,21-,25+,29+,30-,31+,32-/m0/s1. The van der Waals surface area contributed by atoms with Crippen LogP contribution in [0.2, 0.25) is 0 Å². The molecule has 3 aliphatic rings. The first kappa shape index (κ1) is 33.9. The second-order valence-electron chi connectivity index (χ2n) is 14.9. The Morgan fingerprint density at radius 2 is 1.60 bits per heavy atom. The maximum absolute atomic E-state index is 14.3. The number of hydrogen-bond acceptors (Lipinski definition) is 8. The molecule has 0 bridgehead atoms. The van der Waals surface area contributed by atoms with Crippen LogP contribution < -0.4 is 0 Å². The minimum absolute atomic E-state index is 0.114. The molecule has 0 aromatic heterocycles. The molecule has 3 rings (SSSR count). The predicted molar refractivity (Wildman–Crippen MR) is 152 cm³/mol. The summed E-state index contributed by atoms with van der Waals surface area (Å²) in [5, 5.41) is 43.2. The lowest BCUT2D eigenvalue weighted by Gasteiger charge is -2.63. The zero-order valence-electron chi connectivity index (χ0n) is 26.4. The van der Waals surface area contributed by atoms with Crippen molar-refractivity contribution in [2.75, 3.05) is 0 Å². The van der Waals surface area contributed by atoms with E-state index in [9.17, 15) is 44.4 Å². The van der Waals surface area contributed by atoms with Crippen molar-refractivity contribution in [2.45, 2.75) is 118 Å². The number of carboxylic acid groups (broad SMARTS) is 2. The number of aliphatic hydroxyl groups is 2. The zero-order valence-corrected chi connectivity index (χ0v) is 26.4. The molecule has 0 aromatic rings. The number of ketones is 2. The maximum Gasteiger partial charge on any atom is 0.313 e. The fourth-order valence-corrected chi connectivity index (χ4v) is 9.04. The highest BCUT2D eigenvalue weighted by atomic mass is 16.6. The number of hydrogen-bond donors (Lipinski definition) is 4. The molecule has 10 heteroatoms. The van der Waals surface area contributed by atoms with Crippen molar-refractivity contribution in [2.24, 2.45) is 39.4 Å². The molecule has 0 heterocycles. The average molecular weight is 593 g/mol. The van der Waals surface area contributed by atoms with Crippen LogP contribution in [0.1, 0.15) is 101 Å². The highest BCUT2D eigenvalue weighted by Crippen LogP contribution is 2.73. The van der Waals surface area contributed by atoms with Gasteiger partial charge in [-0.2, -0.15) is 0 Å². The van der Waals surface area contributed by atoms with E-state index in [0.29, 0.717) is 12.0 Å².